The highest BCUT2D eigenvalue weighted by Crippen LogP contribution is 2.38. The molecule has 2 aromatic rings. The Labute approximate surface area is 141 Å². The van der Waals surface area contributed by atoms with E-state index in [4.69, 9.17) is 10.00 Å². The number of ether oxygens (including phenoxy) is 1. The Kier molecular flexibility index (Phi) is 3.97. The van der Waals surface area contributed by atoms with Gasteiger partial charge < -0.3 is 9.84 Å². The standard InChI is InChI=1S/C20H20N2O2/c21-12-14-3-5-15(6-4-14)16-7-8-17-19(11-16)24-13-18(20(17)23)22-9-1-2-10-22/h3-8,11,18,20,23H,1-2,9-10,13H2/t18-,20-/m1/s1. The summed E-state index contributed by atoms with van der Waals surface area (Å²) in [6.07, 6.45) is 1.91. The number of benzene rings is 2. The van der Waals surface area contributed by atoms with Gasteiger partial charge in [-0.1, -0.05) is 24.3 Å². The number of aliphatic hydroxyl groups excluding tert-OH is 1. The van der Waals surface area contributed by atoms with Gasteiger partial charge >= 0.3 is 0 Å². The van der Waals surface area contributed by atoms with Crippen molar-refractivity contribution in [2.24, 2.45) is 0 Å². The lowest BCUT2D eigenvalue weighted by Gasteiger charge is -2.36. The molecule has 0 unspecified atom stereocenters. The average molecular weight is 320 g/mol. The van der Waals surface area contributed by atoms with Gasteiger partial charge in [0.1, 0.15) is 18.5 Å². The van der Waals surface area contributed by atoms with E-state index >= 15 is 0 Å². The molecule has 0 radical (unpaired) electrons. The molecule has 0 aliphatic carbocycles. The molecule has 1 N–H and O–H groups in total. The molecular weight excluding hydrogens is 300 g/mol. The van der Waals surface area contributed by atoms with Crippen LogP contribution < -0.4 is 4.74 Å². The normalized spacial score (nSPS) is 23.3. The van der Waals surface area contributed by atoms with Crippen LogP contribution in [0, 0.1) is 11.3 Å². The van der Waals surface area contributed by atoms with Crippen LogP contribution in [0.15, 0.2) is 42.5 Å². The highest BCUT2D eigenvalue weighted by molar-refractivity contribution is 5.67. The smallest absolute Gasteiger partial charge is 0.125 e. The van der Waals surface area contributed by atoms with Crippen molar-refractivity contribution in [3.63, 3.8) is 0 Å². The van der Waals surface area contributed by atoms with Gasteiger partial charge in [0, 0.05) is 5.56 Å². The van der Waals surface area contributed by atoms with Crippen molar-refractivity contribution >= 4 is 0 Å². The molecule has 0 saturated carbocycles. The van der Waals surface area contributed by atoms with E-state index in [1.165, 1.54) is 12.8 Å². The molecule has 0 spiro atoms. The number of nitriles is 1. The van der Waals surface area contributed by atoms with Crippen LogP contribution in [0.3, 0.4) is 0 Å². The highest BCUT2D eigenvalue weighted by atomic mass is 16.5. The molecule has 0 amide bonds. The van der Waals surface area contributed by atoms with Crippen LogP contribution >= 0.6 is 0 Å². The van der Waals surface area contributed by atoms with Gasteiger partial charge in [0.2, 0.25) is 0 Å². The van der Waals surface area contributed by atoms with Gasteiger partial charge in [-0.2, -0.15) is 5.26 Å². The number of hydrogen-bond donors (Lipinski definition) is 1. The third-order valence-electron chi connectivity index (χ3n) is 5.06. The fourth-order valence-corrected chi connectivity index (χ4v) is 3.67. The molecule has 122 valence electrons. The Morgan fingerprint density at radius 2 is 1.75 bits per heavy atom. The third kappa shape index (κ3) is 2.66. The number of rotatable bonds is 2. The molecular formula is C20H20N2O2. The van der Waals surface area contributed by atoms with Gasteiger partial charge in [-0.3, -0.25) is 4.90 Å². The van der Waals surface area contributed by atoms with Crippen molar-refractivity contribution in [1.82, 2.24) is 4.90 Å². The first-order valence-electron chi connectivity index (χ1n) is 8.45. The van der Waals surface area contributed by atoms with Crippen LogP contribution in [-0.2, 0) is 0 Å². The first-order chi connectivity index (χ1) is 11.8. The van der Waals surface area contributed by atoms with E-state index in [1.807, 2.05) is 42.5 Å². The molecule has 4 nitrogen and oxygen atoms in total. The van der Waals surface area contributed by atoms with Gasteiger partial charge in [-0.25, -0.2) is 0 Å². The zero-order valence-electron chi connectivity index (χ0n) is 13.5. The van der Waals surface area contributed by atoms with Crippen LogP contribution in [0.1, 0.15) is 30.1 Å². The topological polar surface area (TPSA) is 56.5 Å². The van der Waals surface area contributed by atoms with Crippen molar-refractivity contribution in [2.45, 2.75) is 25.0 Å². The Morgan fingerprint density at radius 1 is 1.04 bits per heavy atom. The first-order valence-corrected chi connectivity index (χ1v) is 8.45. The minimum absolute atomic E-state index is 0.0563. The molecule has 1 saturated heterocycles. The summed E-state index contributed by atoms with van der Waals surface area (Å²) in [5.41, 5.74) is 3.59. The van der Waals surface area contributed by atoms with Gasteiger partial charge in [-0.15, -0.1) is 0 Å². The van der Waals surface area contributed by atoms with Gasteiger partial charge in [0.25, 0.3) is 0 Å². The number of nitrogens with zero attached hydrogens (tertiary/aromatic N) is 2. The molecule has 2 aliphatic rings. The summed E-state index contributed by atoms with van der Waals surface area (Å²) >= 11 is 0. The van der Waals surface area contributed by atoms with Crippen LogP contribution in [0.25, 0.3) is 11.1 Å². The molecule has 24 heavy (non-hydrogen) atoms. The van der Waals surface area contributed by atoms with Crippen molar-refractivity contribution < 1.29 is 9.84 Å². The van der Waals surface area contributed by atoms with E-state index in [1.54, 1.807) is 0 Å². The lowest BCUT2D eigenvalue weighted by Crippen LogP contribution is -2.44. The summed E-state index contributed by atoms with van der Waals surface area (Å²) in [6.45, 7) is 2.62. The second-order valence-electron chi connectivity index (χ2n) is 6.51. The Morgan fingerprint density at radius 3 is 2.46 bits per heavy atom. The summed E-state index contributed by atoms with van der Waals surface area (Å²) in [7, 11) is 0. The summed E-state index contributed by atoms with van der Waals surface area (Å²) in [5.74, 6) is 0.764. The maximum absolute atomic E-state index is 10.8. The second kappa shape index (κ2) is 6.27. The zero-order chi connectivity index (χ0) is 16.5. The molecule has 2 aliphatic heterocycles. The Balaban J connectivity index is 1.61. The summed E-state index contributed by atoms with van der Waals surface area (Å²) in [5, 5.41) is 19.7. The number of likely N-dealkylation sites (tertiary alicyclic amines) is 1. The fourth-order valence-electron chi connectivity index (χ4n) is 3.67. The maximum Gasteiger partial charge on any atom is 0.125 e. The number of hydrogen-bond acceptors (Lipinski definition) is 4. The fraction of sp³-hybridized carbons (Fsp3) is 0.350. The summed E-state index contributed by atoms with van der Waals surface area (Å²) in [4.78, 5) is 2.34. The van der Waals surface area contributed by atoms with Gasteiger partial charge in [0.05, 0.1) is 17.7 Å². The lowest BCUT2D eigenvalue weighted by molar-refractivity contribution is 0.0140. The van der Waals surface area contributed by atoms with E-state index in [0.717, 1.165) is 35.5 Å². The molecule has 1 fully saturated rings. The molecule has 0 aromatic heterocycles. The number of aliphatic hydroxyl groups is 1. The molecule has 0 bridgehead atoms. The summed E-state index contributed by atoms with van der Waals surface area (Å²) < 4.78 is 5.97. The third-order valence-corrected chi connectivity index (χ3v) is 5.06. The van der Waals surface area contributed by atoms with Crippen molar-refractivity contribution in [2.75, 3.05) is 19.7 Å². The average Bonchev–Trinajstić information content (AvgIpc) is 3.16. The van der Waals surface area contributed by atoms with Crippen LogP contribution in [0.4, 0.5) is 0 Å². The predicted molar refractivity (Wildman–Crippen MR) is 91.6 cm³/mol. The zero-order valence-corrected chi connectivity index (χ0v) is 13.5. The van der Waals surface area contributed by atoms with Crippen LogP contribution in [-0.4, -0.2) is 35.7 Å². The SMILES string of the molecule is N#Cc1ccc(-c2ccc3c(c2)OC[C@@H](N2CCCC2)[C@@H]3O)cc1. The molecule has 4 rings (SSSR count). The van der Waals surface area contributed by atoms with Crippen LogP contribution in [0.5, 0.6) is 5.75 Å². The molecule has 4 heteroatoms. The monoisotopic (exact) mass is 320 g/mol. The van der Waals surface area contributed by atoms with Gasteiger partial charge in [0.15, 0.2) is 0 Å². The van der Waals surface area contributed by atoms with E-state index in [-0.39, 0.29) is 6.04 Å². The van der Waals surface area contributed by atoms with Gasteiger partial charge in [-0.05, 0) is 55.3 Å². The Hall–Kier alpha value is -2.35. The van der Waals surface area contributed by atoms with E-state index in [9.17, 15) is 5.11 Å². The lowest BCUT2D eigenvalue weighted by atomic mass is 9.95. The van der Waals surface area contributed by atoms with E-state index < -0.39 is 6.10 Å². The van der Waals surface area contributed by atoms with E-state index in [2.05, 4.69) is 11.0 Å². The van der Waals surface area contributed by atoms with Crippen molar-refractivity contribution in [3.8, 4) is 22.9 Å². The minimum Gasteiger partial charge on any atom is -0.491 e. The van der Waals surface area contributed by atoms with Crippen LogP contribution in [0.2, 0.25) is 0 Å². The predicted octanol–water partition coefficient (Wildman–Crippen LogP) is 3.12. The van der Waals surface area contributed by atoms with E-state index in [0.29, 0.717) is 12.2 Å². The minimum atomic E-state index is -0.498. The Bertz CT molecular complexity index is 773. The first kappa shape index (κ1) is 15.2. The van der Waals surface area contributed by atoms with Crippen molar-refractivity contribution in [3.05, 3.63) is 53.6 Å². The molecule has 2 atom stereocenters. The summed E-state index contributed by atoms with van der Waals surface area (Å²) in [6, 6.07) is 15.7. The highest BCUT2D eigenvalue weighted by Gasteiger charge is 2.34. The molecule has 2 aromatic carbocycles. The second-order valence-corrected chi connectivity index (χ2v) is 6.51. The quantitative estimate of drug-likeness (QED) is 0.924. The number of fused-ring (bicyclic) bond motifs is 1. The molecule has 2 heterocycles. The largest absolute Gasteiger partial charge is 0.491 e. The maximum atomic E-state index is 10.8. The van der Waals surface area contributed by atoms with Crippen molar-refractivity contribution in [1.29, 1.82) is 5.26 Å².